The van der Waals surface area contributed by atoms with Gasteiger partial charge in [0.1, 0.15) is 17.7 Å². The van der Waals surface area contributed by atoms with Gasteiger partial charge < -0.3 is 9.64 Å². The normalized spacial score (nSPS) is 14.6. The van der Waals surface area contributed by atoms with Crippen molar-refractivity contribution in [2.75, 3.05) is 13.1 Å². The molecule has 0 spiro atoms. The summed E-state index contributed by atoms with van der Waals surface area (Å²) < 4.78 is 34.7. The maximum atomic E-state index is 13.9. The summed E-state index contributed by atoms with van der Waals surface area (Å²) in [5.41, 5.74) is 3.33. The van der Waals surface area contributed by atoms with Crippen molar-refractivity contribution in [3.8, 4) is 11.4 Å². The molecule has 168 valence electrons. The van der Waals surface area contributed by atoms with Crippen LogP contribution in [0.15, 0.2) is 66.7 Å². The first-order valence-corrected chi connectivity index (χ1v) is 10.9. The van der Waals surface area contributed by atoms with Crippen molar-refractivity contribution in [3.05, 3.63) is 89.8 Å². The lowest BCUT2D eigenvalue weighted by atomic mass is 10.1. The lowest BCUT2D eigenvalue weighted by molar-refractivity contribution is 0.0588. The summed E-state index contributed by atoms with van der Waals surface area (Å²) in [6.07, 6.45) is 0.930. The monoisotopic (exact) mass is 447 g/mol. The largest absolute Gasteiger partial charge is 0.487 e. The summed E-state index contributed by atoms with van der Waals surface area (Å²) in [6.45, 7) is 2.95. The molecule has 0 N–H and O–H groups in total. The molecule has 0 atom stereocenters. The Bertz CT molecular complexity index is 1310. The van der Waals surface area contributed by atoms with E-state index in [9.17, 15) is 13.6 Å². The number of amides is 1. The first kappa shape index (κ1) is 21.1. The zero-order valence-electron chi connectivity index (χ0n) is 18.2. The van der Waals surface area contributed by atoms with E-state index in [1.807, 2.05) is 55.5 Å². The number of para-hydroxylation sites is 1. The summed E-state index contributed by atoms with van der Waals surface area (Å²) in [6, 6.07) is 18.9. The Labute approximate surface area is 190 Å². The van der Waals surface area contributed by atoms with Gasteiger partial charge in [-0.1, -0.05) is 18.2 Å². The van der Waals surface area contributed by atoms with Gasteiger partial charge in [0.15, 0.2) is 11.6 Å². The van der Waals surface area contributed by atoms with E-state index in [1.165, 1.54) is 12.1 Å². The van der Waals surface area contributed by atoms with E-state index in [4.69, 9.17) is 4.74 Å². The van der Waals surface area contributed by atoms with Crippen molar-refractivity contribution in [2.24, 2.45) is 0 Å². The number of halogens is 2. The number of aryl methyl sites for hydroxylation is 1. The average molecular weight is 447 g/mol. The van der Waals surface area contributed by atoms with Crippen LogP contribution in [0.1, 0.15) is 29.0 Å². The zero-order valence-corrected chi connectivity index (χ0v) is 18.2. The molecule has 0 radical (unpaired) electrons. The number of fused-ring (bicyclic) bond motifs is 1. The molecule has 2 heterocycles. The van der Waals surface area contributed by atoms with Crippen molar-refractivity contribution in [1.82, 2.24) is 14.5 Å². The lowest BCUT2D eigenvalue weighted by Crippen LogP contribution is -2.41. The van der Waals surface area contributed by atoms with E-state index in [1.54, 1.807) is 4.90 Å². The second-order valence-corrected chi connectivity index (χ2v) is 8.22. The Morgan fingerprint density at radius 2 is 1.76 bits per heavy atom. The minimum Gasteiger partial charge on any atom is -0.487 e. The highest BCUT2D eigenvalue weighted by atomic mass is 19.1. The van der Waals surface area contributed by atoms with E-state index in [-0.39, 0.29) is 17.8 Å². The number of hydrogen-bond donors (Lipinski definition) is 0. The number of hydrogen-bond acceptors (Lipinski definition) is 3. The fourth-order valence-corrected chi connectivity index (χ4v) is 4.35. The van der Waals surface area contributed by atoms with Gasteiger partial charge in [-0.15, -0.1) is 0 Å². The van der Waals surface area contributed by atoms with Crippen LogP contribution in [0, 0.1) is 18.6 Å². The molecule has 0 aliphatic carbocycles. The molecule has 1 aliphatic heterocycles. The van der Waals surface area contributed by atoms with Gasteiger partial charge in [-0.2, -0.15) is 0 Å². The smallest absolute Gasteiger partial charge is 0.253 e. The van der Waals surface area contributed by atoms with Gasteiger partial charge in [0.25, 0.3) is 5.91 Å². The topological polar surface area (TPSA) is 47.4 Å². The first-order chi connectivity index (χ1) is 16.0. The van der Waals surface area contributed by atoms with E-state index in [0.29, 0.717) is 31.5 Å². The number of ether oxygens (including phenoxy) is 1. The summed E-state index contributed by atoms with van der Waals surface area (Å²) in [5.74, 6) is -0.522. The number of imidazole rings is 1. The number of piperidine rings is 1. The second kappa shape index (κ2) is 8.65. The van der Waals surface area contributed by atoms with Crippen molar-refractivity contribution < 1.29 is 18.3 Å². The Morgan fingerprint density at radius 3 is 2.48 bits per heavy atom. The van der Waals surface area contributed by atoms with Crippen LogP contribution in [0.5, 0.6) is 5.75 Å². The van der Waals surface area contributed by atoms with E-state index >= 15 is 0 Å². The van der Waals surface area contributed by atoms with E-state index in [2.05, 4.69) is 9.55 Å². The maximum Gasteiger partial charge on any atom is 0.253 e. The van der Waals surface area contributed by atoms with Crippen LogP contribution in [-0.4, -0.2) is 39.6 Å². The molecule has 33 heavy (non-hydrogen) atoms. The zero-order chi connectivity index (χ0) is 22.9. The maximum absolute atomic E-state index is 13.9. The molecule has 0 bridgehead atoms. The number of carbonyl (C=O) groups excluding carboxylic acids is 1. The van der Waals surface area contributed by atoms with Crippen LogP contribution in [0.4, 0.5) is 8.78 Å². The molecule has 1 aromatic heterocycles. The van der Waals surface area contributed by atoms with Crippen LogP contribution in [0.3, 0.4) is 0 Å². The molecule has 0 saturated carbocycles. The Balaban J connectivity index is 1.29. The number of rotatable bonds is 4. The first-order valence-electron chi connectivity index (χ1n) is 10.9. The third kappa shape index (κ3) is 4.18. The number of benzene rings is 3. The molecule has 1 amide bonds. The highest BCUT2D eigenvalue weighted by Crippen LogP contribution is 2.25. The molecule has 1 aliphatic rings. The molecule has 3 aromatic carbocycles. The minimum atomic E-state index is -0.716. The van der Waals surface area contributed by atoms with Gasteiger partial charge in [0, 0.05) is 43.2 Å². The summed E-state index contributed by atoms with van der Waals surface area (Å²) in [4.78, 5) is 19.6. The molecule has 7 heteroatoms. The van der Waals surface area contributed by atoms with E-state index < -0.39 is 11.6 Å². The highest BCUT2D eigenvalue weighted by Gasteiger charge is 2.26. The minimum absolute atomic E-state index is 0.0380. The van der Waals surface area contributed by atoms with Crippen molar-refractivity contribution >= 4 is 16.9 Å². The molecule has 5 nitrogen and oxygen atoms in total. The Hall–Kier alpha value is -3.74. The van der Waals surface area contributed by atoms with Crippen LogP contribution < -0.4 is 4.74 Å². The summed E-state index contributed by atoms with van der Waals surface area (Å²) >= 11 is 0. The molecular weight excluding hydrogens is 424 g/mol. The van der Waals surface area contributed by atoms with Crippen LogP contribution in [0.2, 0.25) is 0 Å². The van der Waals surface area contributed by atoms with Gasteiger partial charge in [-0.25, -0.2) is 13.8 Å². The highest BCUT2D eigenvalue weighted by molar-refractivity contribution is 5.97. The number of aromatic nitrogens is 2. The quantitative estimate of drug-likeness (QED) is 0.427. The SMILES string of the molecule is Cc1nc2cc(C(=O)N3CCC(Oc4ccc(F)cc4F)CC3)ccc2n1-c1ccccc1. The summed E-state index contributed by atoms with van der Waals surface area (Å²) in [7, 11) is 0. The fourth-order valence-electron chi connectivity index (χ4n) is 4.35. The van der Waals surface area contributed by atoms with Gasteiger partial charge in [-0.05, 0) is 49.4 Å². The molecule has 0 unspecified atom stereocenters. The fraction of sp³-hybridized carbons (Fsp3) is 0.231. The van der Waals surface area contributed by atoms with Gasteiger partial charge in [0.2, 0.25) is 0 Å². The predicted octanol–water partition coefficient (Wildman–Crippen LogP) is 5.30. The average Bonchev–Trinajstić information content (AvgIpc) is 3.16. The molecule has 5 rings (SSSR count). The van der Waals surface area contributed by atoms with Gasteiger partial charge in [0.05, 0.1) is 11.0 Å². The van der Waals surface area contributed by atoms with Crippen LogP contribution in [-0.2, 0) is 0 Å². The van der Waals surface area contributed by atoms with Crippen LogP contribution >= 0.6 is 0 Å². The summed E-state index contributed by atoms with van der Waals surface area (Å²) in [5, 5.41) is 0. The molecule has 4 aromatic rings. The van der Waals surface area contributed by atoms with Crippen molar-refractivity contribution in [1.29, 1.82) is 0 Å². The predicted molar refractivity (Wildman–Crippen MR) is 122 cm³/mol. The second-order valence-electron chi connectivity index (χ2n) is 8.22. The van der Waals surface area contributed by atoms with Crippen molar-refractivity contribution in [2.45, 2.75) is 25.9 Å². The molecule has 1 fully saturated rings. The lowest BCUT2D eigenvalue weighted by Gasteiger charge is -2.32. The molecule has 1 saturated heterocycles. The Morgan fingerprint density at radius 1 is 1.00 bits per heavy atom. The van der Waals surface area contributed by atoms with Crippen LogP contribution in [0.25, 0.3) is 16.7 Å². The van der Waals surface area contributed by atoms with Gasteiger partial charge >= 0.3 is 0 Å². The van der Waals surface area contributed by atoms with Crippen molar-refractivity contribution in [3.63, 3.8) is 0 Å². The standard InChI is InChI=1S/C26H23F2N3O2/c1-17-29-23-15-18(7-9-24(23)31(17)20-5-3-2-4-6-20)26(32)30-13-11-21(12-14-30)33-25-10-8-19(27)16-22(25)28/h2-10,15-16,21H,11-14H2,1H3. The molecular formula is C26H23F2N3O2. The number of carbonyl (C=O) groups is 1. The van der Waals surface area contributed by atoms with E-state index in [0.717, 1.165) is 28.6 Å². The third-order valence-corrected chi connectivity index (χ3v) is 6.00. The van der Waals surface area contributed by atoms with Gasteiger partial charge in [-0.3, -0.25) is 9.36 Å². The number of nitrogens with zero attached hydrogens (tertiary/aromatic N) is 3. The Kier molecular flexibility index (Phi) is 5.54. The third-order valence-electron chi connectivity index (χ3n) is 6.00. The number of likely N-dealkylation sites (tertiary alicyclic amines) is 1.